The number of hydrogen-bond donors (Lipinski definition) is 0. The molecule has 8 rings (SSSR count). The van der Waals surface area contributed by atoms with E-state index in [1.807, 2.05) is 146 Å². The molecule has 0 aliphatic carbocycles. The Hall–Kier alpha value is -8.12. The fourth-order valence-electron chi connectivity index (χ4n) is 6.25. The van der Waals surface area contributed by atoms with Gasteiger partial charge in [-0.25, -0.2) is 9.97 Å². The van der Waals surface area contributed by atoms with E-state index in [1.54, 1.807) is 24.8 Å². The Morgan fingerprint density at radius 2 is 0.708 bits per heavy atom. The van der Waals surface area contributed by atoms with Gasteiger partial charge in [-0.2, -0.15) is 0 Å². The Labute approximate surface area is 386 Å². The molecular weight excluding hydrogens is 860 g/mol. The second-order valence-corrected chi connectivity index (χ2v) is 14.1. The van der Waals surface area contributed by atoms with Crippen molar-refractivity contribution in [2.24, 2.45) is 0 Å². The average Bonchev–Trinajstić information content (AvgIpc) is 3.35. The quantitative estimate of drug-likeness (QED) is 0.0678. The molecule has 0 bridgehead atoms. The first kappa shape index (κ1) is 46.4. The molecule has 0 spiro atoms. The molecule has 65 heavy (non-hydrogen) atoms. The summed E-state index contributed by atoms with van der Waals surface area (Å²) in [6.07, 6.45) is 7.37. The van der Waals surface area contributed by atoms with Crippen LogP contribution in [-0.2, 0) is 26.7 Å². The van der Waals surface area contributed by atoms with E-state index in [4.69, 9.17) is 19.4 Å². The van der Waals surface area contributed by atoms with Gasteiger partial charge in [0.05, 0.1) is 70.7 Å². The molecular formula is C52H40FeN6O6. The summed E-state index contributed by atoms with van der Waals surface area (Å²) >= 11 is 0. The van der Waals surface area contributed by atoms with Gasteiger partial charge in [0.15, 0.2) is 0 Å². The van der Waals surface area contributed by atoms with Crippen LogP contribution in [0.25, 0.3) is 67.8 Å². The summed E-state index contributed by atoms with van der Waals surface area (Å²) in [6, 6.07) is 46.0. The number of ether oxygens (including phenoxy) is 2. The zero-order valence-electron chi connectivity index (χ0n) is 34.9. The van der Waals surface area contributed by atoms with Crippen LogP contribution in [0.15, 0.2) is 195 Å². The van der Waals surface area contributed by atoms with Gasteiger partial charge in [0.25, 0.3) is 0 Å². The fourth-order valence-corrected chi connectivity index (χ4v) is 6.25. The van der Waals surface area contributed by atoms with E-state index >= 15 is 0 Å². The second-order valence-electron chi connectivity index (χ2n) is 14.1. The maximum Gasteiger partial charge on any atom is 2.00 e. The maximum atomic E-state index is 10.7. The standard InChI is InChI=1S/2C26H21N3O3.Fe/c2*1-18(26(30)31)12-15-32-21-10-8-19(9-11-21)20-16-24(22-6-2-4-13-27-22)29-25(17-20)23-7-3-5-14-28-23;/h2*2-11,13-14,16-17H,1,12,15H2,(H,30,31);/q;;+2/p-2. The third-order valence-corrected chi connectivity index (χ3v) is 9.66. The van der Waals surface area contributed by atoms with Gasteiger partial charge >= 0.3 is 17.1 Å². The minimum absolute atomic E-state index is 0. The molecule has 0 radical (unpaired) electrons. The number of benzene rings is 2. The third-order valence-electron chi connectivity index (χ3n) is 9.66. The smallest absolute Gasteiger partial charge is 0.545 e. The summed E-state index contributed by atoms with van der Waals surface area (Å²) in [4.78, 5) is 48.7. The Morgan fingerprint density at radius 1 is 0.415 bits per heavy atom. The van der Waals surface area contributed by atoms with E-state index in [0.29, 0.717) is 11.5 Å². The molecule has 6 heterocycles. The van der Waals surface area contributed by atoms with Crippen molar-refractivity contribution in [3.05, 3.63) is 195 Å². The van der Waals surface area contributed by atoms with Crippen molar-refractivity contribution in [1.82, 2.24) is 29.9 Å². The van der Waals surface area contributed by atoms with Crippen molar-refractivity contribution in [2.45, 2.75) is 12.8 Å². The summed E-state index contributed by atoms with van der Waals surface area (Å²) in [5.74, 6) is -1.23. The molecule has 0 saturated carbocycles. The molecule has 6 aromatic heterocycles. The minimum Gasteiger partial charge on any atom is -0.545 e. The summed E-state index contributed by atoms with van der Waals surface area (Å²) in [6.45, 7) is 7.33. The van der Waals surface area contributed by atoms with Gasteiger partial charge < -0.3 is 29.3 Å². The van der Waals surface area contributed by atoms with Crippen LogP contribution in [0, 0.1) is 0 Å². The molecule has 0 N–H and O–H groups in total. The number of aliphatic carboxylic acids is 2. The molecule has 12 nitrogen and oxygen atoms in total. The largest absolute Gasteiger partial charge is 2.00 e. The molecule has 0 aliphatic heterocycles. The Balaban J connectivity index is 0.000000212. The predicted octanol–water partition coefficient (Wildman–Crippen LogP) is 7.89. The SMILES string of the molecule is C=C(CCOc1ccc(-c2cc(-c3ccccn3)nc(-c3ccccn3)c2)cc1)C(=O)[O-].C=C(CCOc1ccc(-c2cc(-c3ccccn3)nc(-c3ccccn3)c2)cc1)C(=O)[O-].[Fe+2]. The van der Waals surface area contributed by atoms with E-state index in [1.165, 1.54) is 0 Å². The maximum absolute atomic E-state index is 10.7. The summed E-state index contributed by atoms with van der Waals surface area (Å²) in [5, 5.41) is 21.4. The van der Waals surface area contributed by atoms with Crippen molar-refractivity contribution >= 4 is 11.9 Å². The number of aromatic nitrogens is 6. The normalized spacial score (nSPS) is 10.3. The molecule has 0 amide bonds. The van der Waals surface area contributed by atoms with Crippen LogP contribution in [0.5, 0.6) is 11.5 Å². The molecule has 8 aromatic rings. The second kappa shape index (κ2) is 22.8. The first-order valence-electron chi connectivity index (χ1n) is 20.1. The van der Waals surface area contributed by atoms with Crippen LogP contribution in [0.2, 0.25) is 0 Å². The molecule has 0 saturated heterocycles. The molecule has 0 atom stereocenters. The first-order valence-corrected chi connectivity index (χ1v) is 20.1. The van der Waals surface area contributed by atoms with E-state index in [-0.39, 0.29) is 54.3 Å². The van der Waals surface area contributed by atoms with Crippen LogP contribution in [0.3, 0.4) is 0 Å². The minimum atomic E-state index is -1.26. The summed E-state index contributed by atoms with van der Waals surface area (Å²) in [5.41, 5.74) is 10.1. The fraction of sp³-hybridized carbons (Fsp3) is 0.0769. The van der Waals surface area contributed by atoms with E-state index in [9.17, 15) is 19.8 Å². The topological polar surface area (TPSA) is 176 Å². The van der Waals surface area contributed by atoms with E-state index < -0.39 is 11.9 Å². The van der Waals surface area contributed by atoms with Gasteiger partial charge in [-0.15, -0.1) is 0 Å². The molecule has 322 valence electrons. The van der Waals surface area contributed by atoms with Crippen molar-refractivity contribution in [2.75, 3.05) is 13.2 Å². The van der Waals surface area contributed by atoms with Crippen LogP contribution in [0.4, 0.5) is 0 Å². The summed E-state index contributed by atoms with van der Waals surface area (Å²) in [7, 11) is 0. The number of carboxylic acid groups (broad SMARTS) is 2. The number of nitrogens with zero attached hydrogens (tertiary/aromatic N) is 6. The monoisotopic (exact) mass is 900 g/mol. The van der Waals surface area contributed by atoms with Crippen molar-refractivity contribution in [3.63, 3.8) is 0 Å². The Morgan fingerprint density at radius 3 is 0.954 bits per heavy atom. The van der Waals surface area contributed by atoms with E-state index in [0.717, 1.165) is 67.8 Å². The van der Waals surface area contributed by atoms with Crippen molar-refractivity contribution < 1.29 is 46.3 Å². The molecule has 13 heteroatoms. The van der Waals surface area contributed by atoms with E-state index in [2.05, 4.69) is 33.1 Å². The first-order chi connectivity index (χ1) is 31.2. The predicted molar refractivity (Wildman–Crippen MR) is 241 cm³/mol. The Bertz CT molecular complexity index is 2540. The number of carboxylic acids is 2. The van der Waals surface area contributed by atoms with Crippen molar-refractivity contribution in [1.29, 1.82) is 0 Å². The van der Waals surface area contributed by atoms with Gasteiger partial charge in [-0.3, -0.25) is 19.9 Å². The van der Waals surface area contributed by atoms with Crippen LogP contribution in [0.1, 0.15) is 12.8 Å². The van der Waals surface area contributed by atoms with Crippen molar-refractivity contribution in [3.8, 4) is 79.3 Å². The van der Waals surface area contributed by atoms with Crippen LogP contribution in [-0.4, -0.2) is 55.1 Å². The van der Waals surface area contributed by atoms with Gasteiger partial charge in [0, 0.05) is 37.6 Å². The van der Waals surface area contributed by atoms with Crippen LogP contribution < -0.4 is 19.7 Å². The van der Waals surface area contributed by atoms with Gasteiger partial charge in [-0.1, -0.05) is 61.7 Å². The third kappa shape index (κ3) is 13.0. The zero-order valence-corrected chi connectivity index (χ0v) is 36.0. The molecule has 0 aliphatic rings. The molecule has 2 aromatic carbocycles. The molecule has 0 fully saturated rings. The number of carbonyl (C=O) groups is 2. The number of pyridine rings is 6. The van der Waals surface area contributed by atoms with Gasteiger partial charge in [0.1, 0.15) is 11.5 Å². The number of hydrogen-bond acceptors (Lipinski definition) is 12. The number of rotatable bonds is 16. The summed E-state index contributed by atoms with van der Waals surface area (Å²) < 4.78 is 11.2. The Kier molecular flexibility index (Phi) is 16.3. The number of carbonyl (C=O) groups excluding carboxylic acids is 2. The molecule has 0 unspecified atom stereocenters. The van der Waals surface area contributed by atoms with Gasteiger partial charge in [0.2, 0.25) is 0 Å². The van der Waals surface area contributed by atoms with Crippen LogP contribution >= 0.6 is 0 Å². The van der Waals surface area contributed by atoms with Gasteiger partial charge in [-0.05, 0) is 130 Å². The average molecular weight is 901 g/mol. The zero-order chi connectivity index (χ0) is 44.7.